The summed E-state index contributed by atoms with van der Waals surface area (Å²) in [7, 11) is 1.58. The van der Waals surface area contributed by atoms with Gasteiger partial charge < -0.3 is 15.1 Å². The van der Waals surface area contributed by atoms with Crippen LogP contribution >= 0.6 is 0 Å². The van der Waals surface area contributed by atoms with E-state index in [-0.39, 0.29) is 29.2 Å². The van der Waals surface area contributed by atoms with Crippen LogP contribution in [0, 0.1) is 23.5 Å². The third-order valence-electron chi connectivity index (χ3n) is 5.15. The minimum Gasteiger partial charge on any atom is -0.477 e. The number of aromatic carboxylic acids is 1. The summed E-state index contributed by atoms with van der Waals surface area (Å²) in [6, 6.07) is 10.4. The Bertz CT molecular complexity index is 1330. The van der Waals surface area contributed by atoms with Gasteiger partial charge in [-0.2, -0.15) is 0 Å². The van der Waals surface area contributed by atoms with Crippen LogP contribution in [0.4, 0.5) is 8.78 Å². The summed E-state index contributed by atoms with van der Waals surface area (Å²) in [5.74, 6) is 1.92. The predicted molar refractivity (Wildman–Crippen MR) is 114 cm³/mol. The molecule has 166 valence electrons. The van der Waals surface area contributed by atoms with Gasteiger partial charge in [0.15, 0.2) is 11.5 Å². The number of hydrogen-bond donors (Lipinski definition) is 2. The number of hydrogen-bond acceptors (Lipinski definition) is 5. The third-order valence-corrected chi connectivity index (χ3v) is 5.15. The molecule has 4 rings (SSSR count). The molecule has 0 aliphatic carbocycles. The van der Waals surface area contributed by atoms with Crippen molar-refractivity contribution in [2.24, 2.45) is 0 Å². The highest BCUT2D eigenvalue weighted by atomic mass is 19.1. The van der Waals surface area contributed by atoms with Gasteiger partial charge in [0.2, 0.25) is 5.60 Å². The Balaban J connectivity index is 1.76. The zero-order valence-corrected chi connectivity index (χ0v) is 17.3. The van der Waals surface area contributed by atoms with E-state index < -0.39 is 29.1 Å². The van der Waals surface area contributed by atoms with Gasteiger partial charge in [-0.25, -0.2) is 23.5 Å². The van der Waals surface area contributed by atoms with E-state index in [0.29, 0.717) is 23.7 Å². The molecule has 0 saturated carbocycles. The second-order valence-electron chi connectivity index (χ2n) is 7.59. The van der Waals surface area contributed by atoms with Crippen LogP contribution in [0.3, 0.4) is 0 Å². The van der Waals surface area contributed by atoms with Crippen LogP contribution in [-0.4, -0.2) is 56.2 Å². The fourth-order valence-electron chi connectivity index (χ4n) is 3.42. The standard InChI is InChI=1S/C24H17F2N3O4/c1-29-8-7-24(33,23(29)32)6-5-14-3-2-4-15(9-14)21-27-19(13-20(28-21)22(30)31)16-10-17(25)12-18(26)11-16/h2-4,9-13,33H,7-8H2,1H3,(H,30,31). The van der Waals surface area contributed by atoms with Crippen LogP contribution in [0.1, 0.15) is 22.5 Å². The molecule has 1 aliphatic heterocycles. The monoisotopic (exact) mass is 449 g/mol. The molecule has 1 amide bonds. The fourth-order valence-corrected chi connectivity index (χ4v) is 3.42. The Morgan fingerprint density at radius 1 is 1.09 bits per heavy atom. The van der Waals surface area contributed by atoms with Crippen molar-refractivity contribution in [3.05, 3.63) is 71.4 Å². The highest BCUT2D eigenvalue weighted by Gasteiger charge is 2.42. The van der Waals surface area contributed by atoms with Gasteiger partial charge in [-0.05, 0) is 30.3 Å². The van der Waals surface area contributed by atoms with Crippen molar-refractivity contribution in [2.75, 3.05) is 13.6 Å². The van der Waals surface area contributed by atoms with E-state index in [9.17, 15) is 28.6 Å². The SMILES string of the molecule is CN1CCC(O)(C#Cc2cccc(-c3nc(C(=O)O)cc(-c4cc(F)cc(F)c4)n3)c2)C1=O. The van der Waals surface area contributed by atoms with E-state index in [4.69, 9.17) is 0 Å². The maximum Gasteiger partial charge on any atom is 0.354 e. The number of carbonyl (C=O) groups excluding carboxylic acids is 1. The molecule has 2 N–H and O–H groups in total. The summed E-state index contributed by atoms with van der Waals surface area (Å²) < 4.78 is 27.4. The first-order valence-corrected chi connectivity index (χ1v) is 9.85. The Kier molecular flexibility index (Phi) is 5.62. The number of amides is 1. The molecule has 33 heavy (non-hydrogen) atoms. The van der Waals surface area contributed by atoms with Gasteiger partial charge in [-0.3, -0.25) is 4.79 Å². The van der Waals surface area contributed by atoms with Crippen molar-refractivity contribution in [3.63, 3.8) is 0 Å². The number of likely N-dealkylation sites (tertiary alicyclic amines) is 1. The van der Waals surface area contributed by atoms with Crippen LogP contribution in [0.5, 0.6) is 0 Å². The van der Waals surface area contributed by atoms with E-state index in [1.54, 1.807) is 31.3 Å². The van der Waals surface area contributed by atoms with Crippen molar-refractivity contribution in [1.82, 2.24) is 14.9 Å². The van der Waals surface area contributed by atoms with Crippen LogP contribution in [0.15, 0.2) is 48.5 Å². The van der Waals surface area contributed by atoms with Crippen LogP contribution < -0.4 is 0 Å². The van der Waals surface area contributed by atoms with Crippen molar-refractivity contribution in [3.8, 4) is 34.5 Å². The number of aliphatic hydroxyl groups is 1. The molecule has 2 heterocycles. The van der Waals surface area contributed by atoms with Gasteiger partial charge >= 0.3 is 5.97 Å². The molecule has 3 aromatic rings. The molecular formula is C24H17F2N3O4. The number of carbonyl (C=O) groups is 2. The number of likely N-dealkylation sites (N-methyl/N-ethyl adjacent to an activating group) is 1. The molecule has 0 spiro atoms. The number of halogens is 2. The van der Waals surface area contributed by atoms with Gasteiger partial charge in [0.05, 0.1) is 5.69 Å². The number of carboxylic acid groups (broad SMARTS) is 1. The lowest BCUT2D eigenvalue weighted by molar-refractivity contribution is -0.137. The zero-order chi connectivity index (χ0) is 23.8. The lowest BCUT2D eigenvalue weighted by atomic mass is 10.0. The Morgan fingerprint density at radius 2 is 1.82 bits per heavy atom. The third kappa shape index (κ3) is 4.56. The van der Waals surface area contributed by atoms with Gasteiger partial charge in [-0.1, -0.05) is 24.0 Å². The number of aromatic nitrogens is 2. The molecule has 1 saturated heterocycles. The minimum absolute atomic E-state index is 0.00797. The quantitative estimate of drug-likeness (QED) is 0.596. The second-order valence-corrected chi connectivity index (χ2v) is 7.59. The lowest BCUT2D eigenvalue weighted by Gasteiger charge is -2.13. The molecule has 2 aromatic carbocycles. The highest BCUT2D eigenvalue weighted by Crippen LogP contribution is 2.25. The maximum absolute atomic E-state index is 13.7. The minimum atomic E-state index is -1.76. The van der Waals surface area contributed by atoms with E-state index in [1.165, 1.54) is 4.90 Å². The van der Waals surface area contributed by atoms with E-state index in [2.05, 4.69) is 21.8 Å². The van der Waals surface area contributed by atoms with Gasteiger partial charge in [0, 0.05) is 42.8 Å². The zero-order valence-electron chi connectivity index (χ0n) is 17.3. The highest BCUT2D eigenvalue weighted by molar-refractivity contribution is 5.90. The molecule has 9 heteroatoms. The summed E-state index contributed by atoms with van der Waals surface area (Å²) in [6.07, 6.45) is 0.187. The molecule has 7 nitrogen and oxygen atoms in total. The molecular weight excluding hydrogens is 432 g/mol. The summed E-state index contributed by atoms with van der Waals surface area (Å²) in [5.41, 5.74) is -1.21. The molecule has 1 unspecified atom stereocenters. The molecule has 1 fully saturated rings. The van der Waals surface area contributed by atoms with Gasteiger partial charge in [0.25, 0.3) is 5.91 Å². The number of rotatable bonds is 3. The molecule has 1 aromatic heterocycles. The summed E-state index contributed by atoms with van der Waals surface area (Å²) in [4.78, 5) is 33.4. The molecule has 0 bridgehead atoms. The van der Waals surface area contributed by atoms with E-state index >= 15 is 0 Å². The van der Waals surface area contributed by atoms with Crippen molar-refractivity contribution >= 4 is 11.9 Å². The summed E-state index contributed by atoms with van der Waals surface area (Å²) >= 11 is 0. The Labute approximate surface area is 187 Å². The molecule has 1 aliphatic rings. The Hall–Kier alpha value is -4.16. The second kappa shape index (κ2) is 8.41. The first kappa shape index (κ1) is 22.0. The van der Waals surface area contributed by atoms with E-state index in [1.807, 2.05) is 0 Å². The Morgan fingerprint density at radius 3 is 2.45 bits per heavy atom. The fraction of sp³-hybridized carbons (Fsp3) is 0.167. The number of nitrogens with zero attached hydrogens (tertiary/aromatic N) is 3. The average Bonchev–Trinajstić information content (AvgIpc) is 3.05. The summed E-state index contributed by atoms with van der Waals surface area (Å²) in [6.45, 7) is 0.392. The maximum atomic E-state index is 13.7. The molecule has 1 atom stereocenters. The summed E-state index contributed by atoms with van der Waals surface area (Å²) in [5, 5.41) is 19.9. The molecule has 0 radical (unpaired) electrons. The number of carboxylic acids is 1. The lowest BCUT2D eigenvalue weighted by Crippen LogP contribution is -2.37. The normalized spacial score (nSPS) is 17.6. The average molecular weight is 449 g/mol. The topological polar surface area (TPSA) is 104 Å². The van der Waals surface area contributed by atoms with Crippen molar-refractivity contribution in [1.29, 1.82) is 0 Å². The number of benzene rings is 2. The smallest absolute Gasteiger partial charge is 0.354 e. The first-order valence-electron chi connectivity index (χ1n) is 9.85. The van der Waals surface area contributed by atoms with E-state index in [0.717, 1.165) is 18.2 Å². The largest absolute Gasteiger partial charge is 0.477 e. The van der Waals surface area contributed by atoms with Crippen molar-refractivity contribution < 1.29 is 28.6 Å². The van der Waals surface area contributed by atoms with Gasteiger partial charge in [-0.15, -0.1) is 0 Å². The first-order chi connectivity index (χ1) is 15.6. The predicted octanol–water partition coefficient (Wildman–Crippen LogP) is 2.73. The van der Waals surface area contributed by atoms with Crippen LogP contribution in [0.25, 0.3) is 22.6 Å². The van der Waals surface area contributed by atoms with Crippen LogP contribution in [0.2, 0.25) is 0 Å². The van der Waals surface area contributed by atoms with Crippen molar-refractivity contribution in [2.45, 2.75) is 12.0 Å². The van der Waals surface area contributed by atoms with Gasteiger partial charge in [0.1, 0.15) is 11.6 Å². The van der Waals surface area contributed by atoms with Crippen LogP contribution in [-0.2, 0) is 4.79 Å².